The summed E-state index contributed by atoms with van der Waals surface area (Å²) in [7, 11) is 0. The van der Waals surface area contributed by atoms with E-state index in [2.05, 4.69) is 5.32 Å². The van der Waals surface area contributed by atoms with E-state index in [-0.39, 0.29) is 17.1 Å². The van der Waals surface area contributed by atoms with Gasteiger partial charge in [0.15, 0.2) is 0 Å². The lowest BCUT2D eigenvalue weighted by Crippen LogP contribution is -2.05. The predicted octanol–water partition coefficient (Wildman–Crippen LogP) is 4.17. The van der Waals surface area contributed by atoms with Gasteiger partial charge in [0.05, 0.1) is 16.9 Å². The zero-order valence-electron chi connectivity index (χ0n) is 9.63. The molecule has 0 unspecified atom stereocenters. The van der Waals surface area contributed by atoms with Gasteiger partial charge in [-0.15, -0.1) is 0 Å². The van der Waals surface area contributed by atoms with E-state index in [4.69, 9.17) is 5.73 Å². The van der Waals surface area contributed by atoms with Gasteiger partial charge in [0.25, 0.3) is 0 Å². The Kier molecular flexibility index (Phi) is 3.33. The van der Waals surface area contributed by atoms with Gasteiger partial charge in [0.1, 0.15) is 5.82 Å². The van der Waals surface area contributed by atoms with E-state index in [0.29, 0.717) is 0 Å². The summed E-state index contributed by atoms with van der Waals surface area (Å²) in [6.45, 7) is 0. The maximum absolute atomic E-state index is 13.0. The summed E-state index contributed by atoms with van der Waals surface area (Å²) >= 11 is 0. The number of anilines is 3. The van der Waals surface area contributed by atoms with Gasteiger partial charge in [0.2, 0.25) is 0 Å². The smallest absolute Gasteiger partial charge is 0.397 e. The highest BCUT2D eigenvalue weighted by molar-refractivity contribution is 5.72. The summed E-state index contributed by atoms with van der Waals surface area (Å²) in [6, 6.07) is 8.23. The molecule has 0 aliphatic heterocycles. The molecule has 0 saturated heterocycles. The molecule has 0 bridgehead atoms. The van der Waals surface area contributed by atoms with Crippen molar-refractivity contribution < 1.29 is 17.6 Å². The van der Waals surface area contributed by atoms with Crippen LogP contribution in [0.5, 0.6) is 0 Å². The van der Waals surface area contributed by atoms with E-state index in [1.54, 1.807) is 0 Å². The van der Waals surface area contributed by atoms with Crippen molar-refractivity contribution in [3.63, 3.8) is 0 Å². The molecule has 0 atom stereocenters. The zero-order chi connectivity index (χ0) is 14.0. The fourth-order valence-electron chi connectivity index (χ4n) is 1.57. The zero-order valence-corrected chi connectivity index (χ0v) is 9.63. The van der Waals surface area contributed by atoms with Crippen molar-refractivity contribution in [1.29, 1.82) is 0 Å². The quantitative estimate of drug-likeness (QED) is 0.635. The largest absolute Gasteiger partial charge is 0.416 e. The summed E-state index contributed by atoms with van der Waals surface area (Å²) in [5.74, 6) is -0.524. The van der Waals surface area contributed by atoms with Crippen LogP contribution in [0.25, 0.3) is 0 Å². The molecule has 2 rings (SSSR count). The van der Waals surface area contributed by atoms with E-state index in [1.807, 2.05) is 0 Å². The molecule has 19 heavy (non-hydrogen) atoms. The molecule has 6 heteroatoms. The number of nitrogen functional groups attached to an aromatic ring is 1. The first-order valence-corrected chi connectivity index (χ1v) is 5.35. The number of alkyl halides is 3. The Hall–Kier alpha value is -2.24. The predicted molar refractivity (Wildman–Crippen MR) is 65.5 cm³/mol. The standard InChI is InChI=1S/C13H10F4N2/c14-9-4-5-11(18)12(7-9)19-10-3-1-2-8(6-10)13(15,16)17/h1-7,19H,18H2. The van der Waals surface area contributed by atoms with Crippen LogP contribution < -0.4 is 11.1 Å². The van der Waals surface area contributed by atoms with E-state index in [1.165, 1.54) is 24.3 Å². The van der Waals surface area contributed by atoms with E-state index < -0.39 is 17.6 Å². The van der Waals surface area contributed by atoms with Crippen LogP contribution in [0.4, 0.5) is 34.6 Å². The lowest BCUT2D eigenvalue weighted by molar-refractivity contribution is -0.137. The fraction of sp³-hybridized carbons (Fsp3) is 0.0769. The molecule has 100 valence electrons. The summed E-state index contributed by atoms with van der Waals surface area (Å²) in [5.41, 5.74) is 5.48. The van der Waals surface area contributed by atoms with Crippen LogP contribution in [0.2, 0.25) is 0 Å². The lowest BCUT2D eigenvalue weighted by atomic mass is 10.2. The van der Waals surface area contributed by atoms with Crippen LogP contribution in [0.1, 0.15) is 5.56 Å². The molecular formula is C13H10F4N2. The van der Waals surface area contributed by atoms with Crippen LogP contribution in [-0.2, 0) is 6.18 Å². The average molecular weight is 270 g/mol. The first-order chi connectivity index (χ1) is 8.86. The summed E-state index contributed by atoms with van der Waals surface area (Å²) in [6.07, 6.45) is -4.43. The van der Waals surface area contributed by atoms with Crippen molar-refractivity contribution >= 4 is 17.1 Å². The van der Waals surface area contributed by atoms with E-state index in [0.717, 1.165) is 18.2 Å². The maximum Gasteiger partial charge on any atom is 0.416 e. The van der Waals surface area contributed by atoms with Crippen LogP contribution in [-0.4, -0.2) is 0 Å². The van der Waals surface area contributed by atoms with Gasteiger partial charge in [-0.3, -0.25) is 0 Å². The molecule has 0 heterocycles. The van der Waals surface area contributed by atoms with Crippen molar-refractivity contribution in [2.45, 2.75) is 6.18 Å². The first kappa shape index (κ1) is 13.2. The van der Waals surface area contributed by atoms with Crippen LogP contribution in [0.3, 0.4) is 0 Å². The molecule has 0 amide bonds. The van der Waals surface area contributed by atoms with E-state index in [9.17, 15) is 17.6 Å². The molecular weight excluding hydrogens is 260 g/mol. The monoisotopic (exact) mass is 270 g/mol. The first-order valence-electron chi connectivity index (χ1n) is 5.35. The molecule has 2 aromatic carbocycles. The summed E-state index contributed by atoms with van der Waals surface area (Å²) in [4.78, 5) is 0. The second-order valence-corrected chi connectivity index (χ2v) is 3.94. The SMILES string of the molecule is Nc1ccc(F)cc1Nc1cccc(C(F)(F)F)c1. The molecule has 0 aromatic heterocycles. The number of hydrogen-bond acceptors (Lipinski definition) is 2. The topological polar surface area (TPSA) is 38.0 Å². The highest BCUT2D eigenvalue weighted by atomic mass is 19.4. The van der Waals surface area contributed by atoms with Crippen LogP contribution in [0, 0.1) is 5.82 Å². The van der Waals surface area contributed by atoms with Gasteiger partial charge in [-0.25, -0.2) is 4.39 Å². The van der Waals surface area contributed by atoms with Gasteiger partial charge < -0.3 is 11.1 Å². The van der Waals surface area contributed by atoms with Crippen molar-refractivity contribution in [2.75, 3.05) is 11.1 Å². The Balaban J connectivity index is 2.31. The molecule has 0 fully saturated rings. The summed E-state index contributed by atoms with van der Waals surface area (Å²) < 4.78 is 50.7. The normalized spacial score (nSPS) is 11.4. The maximum atomic E-state index is 13.0. The minimum atomic E-state index is -4.43. The third-order valence-corrected chi connectivity index (χ3v) is 2.48. The lowest BCUT2D eigenvalue weighted by Gasteiger charge is -2.12. The molecule has 0 aliphatic carbocycles. The number of nitrogens with one attached hydrogen (secondary N) is 1. The Bertz CT molecular complexity index is 593. The van der Waals surface area contributed by atoms with Crippen LogP contribution in [0.15, 0.2) is 42.5 Å². The second-order valence-electron chi connectivity index (χ2n) is 3.94. The molecule has 2 nitrogen and oxygen atoms in total. The number of halogens is 4. The highest BCUT2D eigenvalue weighted by Crippen LogP contribution is 2.32. The van der Waals surface area contributed by atoms with Crippen LogP contribution >= 0.6 is 0 Å². The average Bonchev–Trinajstić information content (AvgIpc) is 2.33. The van der Waals surface area contributed by atoms with Gasteiger partial charge in [-0.1, -0.05) is 6.07 Å². The highest BCUT2D eigenvalue weighted by Gasteiger charge is 2.30. The fourth-order valence-corrected chi connectivity index (χ4v) is 1.57. The Labute approximate surface area is 106 Å². The number of nitrogens with two attached hydrogens (primary N) is 1. The number of rotatable bonds is 2. The molecule has 2 aromatic rings. The molecule has 3 N–H and O–H groups in total. The molecule has 0 radical (unpaired) electrons. The number of benzene rings is 2. The molecule has 0 spiro atoms. The van der Waals surface area contributed by atoms with Gasteiger partial charge in [-0.2, -0.15) is 13.2 Å². The van der Waals surface area contributed by atoms with E-state index >= 15 is 0 Å². The minimum absolute atomic E-state index is 0.187. The van der Waals surface area contributed by atoms with Crippen molar-refractivity contribution in [3.05, 3.63) is 53.8 Å². The summed E-state index contributed by atoms with van der Waals surface area (Å²) in [5, 5.41) is 2.66. The number of hydrogen-bond donors (Lipinski definition) is 2. The minimum Gasteiger partial charge on any atom is -0.397 e. The Morgan fingerprint density at radius 1 is 1.00 bits per heavy atom. The third-order valence-electron chi connectivity index (χ3n) is 2.48. The van der Waals surface area contributed by atoms with Crippen molar-refractivity contribution in [2.24, 2.45) is 0 Å². The van der Waals surface area contributed by atoms with Gasteiger partial charge in [-0.05, 0) is 36.4 Å². The molecule has 0 aliphatic rings. The molecule has 0 saturated carbocycles. The Morgan fingerprint density at radius 2 is 1.74 bits per heavy atom. The second kappa shape index (κ2) is 4.79. The van der Waals surface area contributed by atoms with Gasteiger partial charge in [0, 0.05) is 5.69 Å². The van der Waals surface area contributed by atoms with Crippen molar-refractivity contribution in [1.82, 2.24) is 0 Å². The van der Waals surface area contributed by atoms with Crippen molar-refractivity contribution in [3.8, 4) is 0 Å². The third kappa shape index (κ3) is 3.15. The Morgan fingerprint density at radius 3 is 2.42 bits per heavy atom. The van der Waals surface area contributed by atoms with Gasteiger partial charge >= 0.3 is 6.18 Å².